The first-order chi connectivity index (χ1) is 7.04. The third-order valence-electron chi connectivity index (χ3n) is 2.44. The molecule has 0 amide bonds. The Balaban J connectivity index is 2.70. The second-order valence-corrected chi connectivity index (χ2v) is 3.93. The number of epoxide rings is 1. The summed E-state index contributed by atoms with van der Waals surface area (Å²) in [5.74, 6) is -0.327. The molecule has 1 aliphatic heterocycles. The summed E-state index contributed by atoms with van der Waals surface area (Å²) in [6.45, 7) is 4.18. The predicted octanol–water partition coefficient (Wildman–Crippen LogP) is 1.04. The fraction of sp³-hybridized carbons (Fsp3) is 0.727. The molecule has 0 aromatic carbocycles. The van der Waals surface area contributed by atoms with Gasteiger partial charge in [0.15, 0.2) is 0 Å². The molecule has 4 heteroatoms. The topological polar surface area (TPSA) is 59.1 Å². The van der Waals surface area contributed by atoms with Crippen LogP contribution in [-0.4, -0.2) is 37.0 Å². The van der Waals surface area contributed by atoms with E-state index in [1.165, 1.54) is 7.11 Å². The molecule has 15 heavy (non-hydrogen) atoms. The van der Waals surface area contributed by atoms with Gasteiger partial charge in [-0.2, -0.15) is 0 Å². The predicted molar refractivity (Wildman–Crippen MR) is 55.4 cm³/mol. The Kier molecular flexibility index (Phi) is 4.29. The van der Waals surface area contributed by atoms with Gasteiger partial charge in [-0.3, -0.25) is 0 Å². The fourth-order valence-corrected chi connectivity index (χ4v) is 1.50. The van der Waals surface area contributed by atoms with E-state index in [-0.39, 0.29) is 12.1 Å². The highest BCUT2D eigenvalue weighted by atomic mass is 16.6. The van der Waals surface area contributed by atoms with Crippen LogP contribution in [0.1, 0.15) is 26.7 Å². The van der Waals surface area contributed by atoms with Crippen molar-refractivity contribution in [2.24, 2.45) is 0 Å². The van der Waals surface area contributed by atoms with Crippen molar-refractivity contribution in [3.05, 3.63) is 11.1 Å². The first kappa shape index (κ1) is 12.2. The zero-order valence-electron chi connectivity index (χ0n) is 9.45. The first-order valence-electron chi connectivity index (χ1n) is 5.11. The molecule has 1 N–H and O–H groups in total. The molecule has 0 radical (unpaired) electrons. The second kappa shape index (κ2) is 5.28. The maximum Gasteiger partial charge on any atom is 0.333 e. The van der Waals surface area contributed by atoms with Crippen molar-refractivity contribution in [1.82, 2.24) is 0 Å². The van der Waals surface area contributed by atoms with Gasteiger partial charge in [-0.05, 0) is 26.7 Å². The Hall–Kier alpha value is -0.870. The van der Waals surface area contributed by atoms with Gasteiger partial charge < -0.3 is 14.6 Å². The van der Waals surface area contributed by atoms with Crippen LogP contribution in [0.4, 0.5) is 0 Å². The molecule has 0 aromatic rings. The van der Waals surface area contributed by atoms with Crippen molar-refractivity contribution < 1.29 is 19.4 Å². The van der Waals surface area contributed by atoms with Crippen LogP contribution in [0.5, 0.6) is 0 Å². The zero-order valence-corrected chi connectivity index (χ0v) is 9.45. The summed E-state index contributed by atoms with van der Waals surface area (Å²) in [5.41, 5.74) is 1.52. The molecule has 1 aliphatic rings. The van der Waals surface area contributed by atoms with E-state index in [1.807, 2.05) is 0 Å². The number of aliphatic hydroxyl groups is 1. The van der Waals surface area contributed by atoms with Gasteiger partial charge in [0, 0.05) is 5.57 Å². The summed E-state index contributed by atoms with van der Waals surface area (Å²) in [6, 6.07) is 0. The smallest absolute Gasteiger partial charge is 0.333 e. The third kappa shape index (κ3) is 4.01. The van der Waals surface area contributed by atoms with E-state index in [0.29, 0.717) is 18.4 Å². The Morgan fingerprint density at radius 3 is 2.67 bits per heavy atom. The van der Waals surface area contributed by atoms with Gasteiger partial charge in [-0.1, -0.05) is 5.57 Å². The molecule has 86 valence electrons. The summed E-state index contributed by atoms with van der Waals surface area (Å²) < 4.78 is 9.77. The van der Waals surface area contributed by atoms with Crippen LogP contribution in [0.2, 0.25) is 0 Å². The van der Waals surface area contributed by atoms with Crippen LogP contribution >= 0.6 is 0 Å². The maximum atomic E-state index is 11.3. The van der Waals surface area contributed by atoms with Gasteiger partial charge in [0.1, 0.15) is 0 Å². The van der Waals surface area contributed by atoms with E-state index in [0.717, 1.165) is 12.2 Å². The van der Waals surface area contributed by atoms with E-state index in [4.69, 9.17) is 4.74 Å². The molecular formula is C11H18O4. The maximum absolute atomic E-state index is 11.3. The molecular weight excluding hydrogens is 196 g/mol. The van der Waals surface area contributed by atoms with Crippen LogP contribution < -0.4 is 0 Å². The second-order valence-electron chi connectivity index (χ2n) is 3.93. The molecule has 0 bridgehead atoms. The van der Waals surface area contributed by atoms with Gasteiger partial charge in [0.25, 0.3) is 0 Å². The van der Waals surface area contributed by atoms with Gasteiger partial charge in [-0.15, -0.1) is 0 Å². The summed E-state index contributed by atoms with van der Waals surface area (Å²) in [6.07, 6.45) is 0.990. The van der Waals surface area contributed by atoms with Crippen molar-refractivity contribution in [1.29, 1.82) is 0 Å². The Morgan fingerprint density at radius 1 is 1.67 bits per heavy atom. The number of methoxy groups -OCH3 is 1. The standard InChI is InChI=1S/C11H18O4/c1-7(12)4-9(5-10-6-15-10)8(2)11(13)14-3/h7,10,12H,4-6H2,1-3H3. The average Bonchev–Trinajstić information content (AvgIpc) is 2.97. The number of hydrogen-bond donors (Lipinski definition) is 1. The van der Waals surface area contributed by atoms with Crippen molar-refractivity contribution in [2.45, 2.75) is 38.9 Å². The van der Waals surface area contributed by atoms with Crippen molar-refractivity contribution in [3.63, 3.8) is 0 Å². The third-order valence-corrected chi connectivity index (χ3v) is 2.44. The lowest BCUT2D eigenvalue weighted by Gasteiger charge is -2.11. The van der Waals surface area contributed by atoms with Gasteiger partial charge >= 0.3 is 5.97 Å². The lowest BCUT2D eigenvalue weighted by atomic mass is 9.99. The van der Waals surface area contributed by atoms with Crippen molar-refractivity contribution in [3.8, 4) is 0 Å². The molecule has 0 aromatic heterocycles. The quantitative estimate of drug-likeness (QED) is 0.422. The minimum absolute atomic E-state index is 0.221. The first-order valence-corrected chi connectivity index (χ1v) is 5.11. The number of carbonyl (C=O) groups excluding carboxylic acids is 1. The minimum Gasteiger partial charge on any atom is -0.466 e. The van der Waals surface area contributed by atoms with E-state index in [2.05, 4.69) is 4.74 Å². The molecule has 4 nitrogen and oxygen atoms in total. The fourth-order valence-electron chi connectivity index (χ4n) is 1.50. The SMILES string of the molecule is COC(=O)C(C)=C(CC(C)O)CC1CO1. The summed E-state index contributed by atoms with van der Waals surface area (Å²) in [4.78, 5) is 11.3. The highest BCUT2D eigenvalue weighted by molar-refractivity contribution is 5.88. The molecule has 1 heterocycles. The van der Waals surface area contributed by atoms with Crippen LogP contribution in [0.25, 0.3) is 0 Å². The Bertz CT molecular complexity index is 258. The van der Waals surface area contributed by atoms with Gasteiger partial charge in [0.05, 0.1) is 25.9 Å². The average molecular weight is 214 g/mol. The normalized spacial score (nSPS) is 23.1. The van der Waals surface area contributed by atoms with Gasteiger partial charge in [-0.25, -0.2) is 4.79 Å². The lowest BCUT2D eigenvalue weighted by molar-refractivity contribution is -0.136. The molecule has 1 saturated heterocycles. The summed E-state index contributed by atoms with van der Waals surface area (Å²) in [7, 11) is 1.36. The largest absolute Gasteiger partial charge is 0.466 e. The number of rotatable bonds is 5. The summed E-state index contributed by atoms with van der Waals surface area (Å²) in [5, 5.41) is 9.33. The molecule has 1 rings (SSSR count). The van der Waals surface area contributed by atoms with Crippen LogP contribution in [0, 0.1) is 0 Å². The van der Waals surface area contributed by atoms with Gasteiger partial charge in [0.2, 0.25) is 0 Å². The Morgan fingerprint density at radius 2 is 2.27 bits per heavy atom. The monoisotopic (exact) mass is 214 g/mol. The van der Waals surface area contributed by atoms with E-state index >= 15 is 0 Å². The molecule has 0 aliphatic carbocycles. The van der Waals surface area contributed by atoms with Crippen LogP contribution in [0.3, 0.4) is 0 Å². The van der Waals surface area contributed by atoms with Crippen LogP contribution in [0.15, 0.2) is 11.1 Å². The number of ether oxygens (including phenoxy) is 2. The van der Waals surface area contributed by atoms with Crippen molar-refractivity contribution in [2.75, 3.05) is 13.7 Å². The number of hydrogen-bond acceptors (Lipinski definition) is 4. The zero-order chi connectivity index (χ0) is 11.4. The number of aliphatic hydroxyl groups excluding tert-OH is 1. The minimum atomic E-state index is -0.446. The highest BCUT2D eigenvalue weighted by Gasteiger charge is 2.26. The lowest BCUT2D eigenvalue weighted by Crippen LogP contribution is -2.11. The Labute approximate surface area is 89.9 Å². The molecule has 2 atom stereocenters. The molecule has 2 unspecified atom stereocenters. The highest BCUT2D eigenvalue weighted by Crippen LogP contribution is 2.25. The molecule has 0 saturated carbocycles. The van der Waals surface area contributed by atoms with E-state index < -0.39 is 6.10 Å². The van der Waals surface area contributed by atoms with E-state index in [1.54, 1.807) is 13.8 Å². The summed E-state index contributed by atoms with van der Waals surface area (Å²) >= 11 is 0. The molecule has 0 spiro atoms. The van der Waals surface area contributed by atoms with Crippen LogP contribution in [-0.2, 0) is 14.3 Å². The molecule has 1 fully saturated rings. The number of esters is 1. The van der Waals surface area contributed by atoms with Crippen molar-refractivity contribution >= 4 is 5.97 Å². The number of carbonyl (C=O) groups is 1. The van der Waals surface area contributed by atoms with E-state index in [9.17, 15) is 9.90 Å².